The predicted molar refractivity (Wildman–Crippen MR) is 58.3 cm³/mol. The maximum Gasteiger partial charge on any atom is 1.00 e. The summed E-state index contributed by atoms with van der Waals surface area (Å²) in [4.78, 5) is 0. The van der Waals surface area contributed by atoms with E-state index in [9.17, 15) is 12.9 Å². The SMILES string of the molecule is COc1ccc(COC[B-](F)(F)F)c(OC)c1.[K+]. The summed E-state index contributed by atoms with van der Waals surface area (Å²) >= 11 is 0. The van der Waals surface area contributed by atoms with E-state index in [1.54, 1.807) is 18.2 Å². The summed E-state index contributed by atoms with van der Waals surface area (Å²) in [6, 6.07) is 4.85. The van der Waals surface area contributed by atoms with Crippen LogP contribution < -0.4 is 60.9 Å². The molecule has 0 saturated heterocycles. The van der Waals surface area contributed by atoms with Gasteiger partial charge in [-0.3, -0.25) is 0 Å². The van der Waals surface area contributed by atoms with Crippen LogP contribution in [0.1, 0.15) is 5.56 Å². The molecule has 0 aromatic heterocycles. The van der Waals surface area contributed by atoms with Crippen molar-refractivity contribution in [1.82, 2.24) is 0 Å². The normalized spacial score (nSPS) is 10.7. The minimum atomic E-state index is -4.92. The molecule has 0 unspecified atom stereocenters. The van der Waals surface area contributed by atoms with Crippen molar-refractivity contribution in [3.8, 4) is 11.5 Å². The van der Waals surface area contributed by atoms with Gasteiger partial charge in [0.15, 0.2) is 0 Å². The van der Waals surface area contributed by atoms with E-state index in [0.29, 0.717) is 17.1 Å². The van der Waals surface area contributed by atoms with Gasteiger partial charge >= 0.3 is 58.4 Å². The molecule has 0 aliphatic heterocycles. The zero-order valence-corrected chi connectivity index (χ0v) is 13.7. The molecule has 0 bridgehead atoms. The van der Waals surface area contributed by atoms with Crippen LogP contribution >= 0.6 is 0 Å². The number of methoxy groups -OCH3 is 2. The van der Waals surface area contributed by atoms with Crippen LogP contribution in [0.2, 0.25) is 0 Å². The molecule has 18 heavy (non-hydrogen) atoms. The maximum atomic E-state index is 11.9. The summed E-state index contributed by atoms with van der Waals surface area (Å²) in [7, 11) is 2.93. The van der Waals surface area contributed by atoms with E-state index in [-0.39, 0.29) is 58.0 Å². The van der Waals surface area contributed by atoms with E-state index in [1.165, 1.54) is 14.2 Å². The Balaban J connectivity index is 0.00000289. The van der Waals surface area contributed by atoms with E-state index in [0.717, 1.165) is 0 Å². The second-order valence-corrected chi connectivity index (χ2v) is 3.40. The fraction of sp³-hybridized carbons (Fsp3) is 0.400. The first-order chi connectivity index (χ1) is 7.96. The molecule has 8 heteroatoms. The van der Waals surface area contributed by atoms with Crippen LogP contribution in [0, 0.1) is 0 Å². The van der Waals surface area contributed by atoms with Gasteiger partial charge < -0.3 is 27.2 Å². The molecule has 1 aromatic rings. The third-order valence-corrected chi connectivity index (χ3v) is 2.06. The average Bonchev–Trinajstić information content (AvgIpc) is 2.27. The van der Waals surface area contributed by atoms with Crippen molar-refractivity contribution in [3.63, 3.8) is 0 Å². The Morgan fingerprint density at radius 1 is 1.11 bits per heavy atom. The van der Waals surface area contributed by atoms with Crippen molar-refractivity contribution in [3.05, 3.63) is 23.8 Å². The maximum absolute atomic E-state index is 11.9. The molecule has 96 valence electrons. The van der Waals surface area contributed by atoms with Gasteiger partial charge in [-0.1, -0.05) is 0 Å². The van der Waals surface area contributed by atoms with Crippen LogP contribution in [0.3, 0.4) is 0 Å². The summed E-state index contributed by atoms with van der Waals surface area (Å²) in [5, 5.41) is 0. The van der Waals surface area contributed by atoms with E-state index >= 15 is 0 Å². The molecule has 0 saturated carbocycles. The van der Waals surface area contributed by atoms with Gasteiger partial charge in [0.1, 0.15) is 11.5 Å². The van der Waals surface area contributed by atoms with Crippen molar-refractivity contribution in [1.29, 1.82) is 0 Å². The predicted octanol–water partition coefficient (Wildman–Crippen LogP) is -0.389. The summed E-state index contributed by atoms with van der Waals surface area (Å²) in [5.74, 6) is 1.02. The van der Waals surface area contributed by atoms with E-state index in [4.69, 9.17) is 9.47 Å². The Hall–Kier alpha value is 0.271. The molecule has 0 aliphatic rings. The average molecular weight is 288 g/mol. The van der Waals surface area contributed by atoms with Crippen LogP contribution in [0.5, 0.6) is 11.5 Å². The zero-order valence-electron chi connectivity index (χ0n) is 10.6. The first kappa shape index (κ1) is 18.3. The molecule has 0 radical (unpaired) electrons. The van der Waals surface area contributed by atoms with Gasteiger partial charge in [0, 0.05) is 18.1 Å². The number of hydrogen-bond acceptors (Lipinski definition) is 3. The minimum Gasteiger partial charge on any atom is -0.497 e. The molecule has 0 fully saturated rings. The van der Waals surface area contributed by atoms with Crippen LogP contribution in [-0.2, 0) is 11.3 Å². The molecule has 0 heterocycles. The van der Waals surface area contributed by atoms with Gasteiger partial charge in [-0.25, -0.2) is 0 Å². The monoisotopic (exact) mass is 288 g/mol. The third-order valence-electron chi connectivity index (χ3n) is 2.06. The van der Waals surface area contributed by atoms with E-state index in [2.05, 4.69) is 4.74 Å². The fourth-order valence-corrected chi connectivity index (χ4v) is 1.27. The van der Waals surface area contributed by atoms with Gasteiger partial charge in [0.25, 0.3) is 0 Å². The molecule has 0 atom stereocenters. The van der Waals surface area contributed by atoms with Crippen LogP contribution in [0.4, 0.5) is 12.9 Å². The van der Waals surface area contributed by atoms with Gasteiger partial charge in [0.2, 0.25) is 0 Å². The van der Waals surface area contributed by atoms with Crippen LogP contribution in [0.25, 0.3) is 0 Å². The Morgan fingerprint density at radius 2 is 1.78 bits per heavy atom. The molecule has 3 nitrogen and oxygen atoms in total. The number of rotatable bonds is 6. The van der Waals surface area contributed by atoms with Gasteiger partial charge in [0.05, 0.1) is 20.8 Å². The summed E-state index contributed by atoms with van der Waals surface area (Å²) in [6.45, 7) is -6.27. The second-order valence-electron chi connectivity index (χ2n) is 3.40. The van der Waals surface area contributed by atoms with Crippen molar-refractivity contribution in [2.24, 2.45) is 0 Å². The smallest absolute Gasteiger partial charge is 0.497 e. The second kappa shape index (κ2) is 8.44. The molecule has 0 amide bonds. The molecular formula is C10H13BF3KO3. The number of ether oxygens (including phenoxy) is 3. The topological polar surface area (TPSA) is 27.7 Å². The van der Waals surface area contributed by atoms with Crippen molar-refractivity contribution >= 4 is 6.98 Å². The Morgan fingerprint density at radius 3 is 2.28 bits per heavy atom. The zero-order chi connectivity index (χ0) is 12.9. The van der Waals surface area contributed by atoms with Gasteiger partial charge in [-0.05, 0) is 12.1 Å². The Labute approximate surface area is 146 Å². The minimum absolute atomic E-state index is 0. The third kappa shape index (κ3) is 6.44. The van der Waals surface area contributed by atoms with Crippen molar-refractivity contribution in [2.45, 2.75) is 6.61 Å². The Bertz CT molecular complexity index is 374. The van der Waals surface area contributed by atoms with Gasteiger partial charge in [-0.2, -0.15) is 0 Å². The molecule has 0 spiro atoms. The summed E-state index contributed by atoms with van der Waals surface area (Å²) in [6.07, 6.45) is 0. The van der Waals surface area contributed by atoms with Crippen LogP contribution in [0.15, 0.2) is 18.2 Å². The van der Waals surface area contributed by atoms with Gasteiger partial charge in [-0.15, -0.1) is 0 Å². The fourth-order valence-electron chi connectivity index (χ4n) is 1.27. The number of halogens is 3. The van der Waals surface area contributed by atoms with Crippen LogP contribution in [-0.4, -0.2) is 27.7 Å². The summed E-state index contributed by atoms with van der Waals surface area (Å²) in [5.41, 5.74) is 0.549. The molecule has 1 rings (SSSR count). The Kier molecular flexibility index (Phi) is 8.57. The standard InChI is InChI=1S/C10H13BF3O3.K/c1-15-9-4-3-8(10(5-9)16-2)6-17-7-11(12,13)14;/h3-5H,6-7H2,1-2H3;/q-1;+1. The van der Waals surface area contributed by atoms with E-state index in [1.807, 2.05) is 0 Å². The quantitative estimate of drug-likeness (QED) is 0.667. The van der Waals surface area contributed by atoms with Crippen molar-refractivity contribution in [2.75, 3.05) is 20.7 Å². The molecule has 0 aliphatic carbocycles. The summed E-state index contributed by atoms with van der Waals surface area (Å²) < 4.78 is 50.4. The largest absolute Gasteiger partial charge is 1.00 e. The molecular weight excluding hydrogens is 275 g/mol. The number of benzene rings is 1. The first-order valence-corrected chi connectivity index (χ1v) is 4.96. The molecule has 0 N–H and O–H groups in total. The number of hydrogen-bond donors (Lipinski definition) is 0. The van der Waals surface area contributed by atoms with Crippen molar-refractivity contribution < 1.29 is 78.5 Å². The first-order valence-electron chi connectivity index (χ1n) is 4.96. The van der Waals surface area contributed by atoms with E-state index < -0.39 is 13.5 Å². The molecule has 1 aromatic carbocycles.